The van der Waals surface area contributed by atoms with E-state index in [-0.39, 0.29) is 5.78 Å². The lowest BCUT2D eigenvalue weighted by Crippen LogP contribution is -2.46. The number of aryl methyl sites for hydroxylation is 1. The Morgan fingerprint density at radius 3 is 2.69 bits per heavy atom. The van der Waals surface area contributed by atoms with Gasteiger partial charge >= 0.3 is 0 Å². The molecule has 2 aromatic carbocycles. The number of halogens is 1. The summed E-state index contributed by atoms with van der Waals surface area (Å²) in [4.78, 5) is 20.3. The summed E-state index contributed by atoms with van der Waals surface area (Å²) >= 11 is 6.21. The van der Waals surface area contributed by atoms with Crippen LogP contribution in [0.15, 0.2) is 48.7 Å². The molecule has 2 fully saturated rings. The smallest absolute Gasteiger partial charge is 0.162 e. The Morgan fingerprint density at radius 1 is 1.03 bits per heavy atom. The number of nitrogens with zero attached hydrogens (tertiary/aromatic N) is 3. The summed E-state index contributed by atoms with van der Waals surface area (Å²) in [5.41, 5.74) is 6.65. The monoisotopic (exact) mass is 492 g/mol. The molecular formula is C29H37ClN4O. The van der Waals surface area contributed by atoms with Crippen LogP contribution in [0.5, 0.6) is 0 Å². The Bertz CT molecular complexity index is 1090. The predicted molar refractivity (Wildman–Crippen MR) is 147 cm³/mol. The molecule has 6 heteroatoms. The van der Waals surface area contributed by atoms with Crippen molar-refractivity contribution >= 4 is 34.4 Å². The van der Waals surface area contributed by atoms with E-state index in [1.165, 1.54) is 29.8 Å². The summed E-state index contributed by atoms with van der Waals surface area (Å²) in [5.74, 6) is 0.238. The van der Waals surface area contributed by atoms with Crippen molar-refractivity contribution in [1.82, 2.24) is 4.90 Å². The maximum Gasteiger partial charge on any atom is 0.162 e. The Labute approximate surface area is 214 Å². The molecule has 5 rings (SSSR count). The minimum atomic E-state index is 0.238. The number of unbranched alkanes of at least 4 members (excludes halogenated alkanes) is 1. The second-order valence-corrected chi connectivity index (χ2v) is 10.7. The minimum Gasteiger partial charge on any atom is -0.369 e. The molecule has 1 N–H and O–H groups in total. The van der Waals surface area contributed by atoms with Gasteiger partial charge < -0.3 is 15.1 Å². The van der Waals surface area contributed by atoms with Crippen LogP contribution in [0, 0.1) is 6.92 Å². The number of Topliss-reactive ketones (excluding diaryl/α,β-unsaturated/α-hetero) is 1. The summed E-state index contributed by atoms with van der Waals surface area (Å²) < 4.78 is 0. The van der Waals surface area contributed by atoms with E-state index in [9.17, 15) is 4.79 Å². The van der Waals surface area contributed by atoms with E-state index < -0.39 is 0 Å². The van der Waals surface area contributed by atoms with Crippen LogP contribution in [0.4, 0.5) is 17.1 Å². The van der Waals surface area contributed by atoms with Gasteiger partial charge in [-0.25, -0.2) is 0 Å². The average molecular weight is 493 g/mol. The first kappa shape index (κ1) is 24.2. The summed E-state index contributed by atoms with van der Waals surface area (Å²) in [5, 5.41) is 4.28. The molecule has 0 radical (unpaired) electrons. The summed E-state index contributed by atoms with van der Waals surface area (Å²) in [6.07, 6.45) is 6.22. The third-order valence-electron chi connectivity index (χ3n) is 7.84. The van der Waals surface area contributed by atoms with Crippen LogP contribution >= 0.6 is 11.6 Å². The van der Waals surface area contributed by atoms with E-state index in [2.05, 4.69) is 51.7 Å². The van der Waals surface area contributed by atoms with E-state index in [0.29, 0.717) is 12.5 Å². The van der Waals surface area contributed by atoms with Gasteiger partial charge in [0.2, 0.25) is 0 Å². The number of fused-ring (bicyclic) bond motifs is 3. The highest BCUT2D eigenvalue weighted by atomic mass is 35.5. The first-order valence-electron chi connectivity index (χ1n) is 13.1. The van der Waals surface area contributed by atoms with Gasteiger partial charge in [0.15, 0.2) is 5.78 Å². The predicted octanol–water partition coefficient (Wildman–Crippen LogP) is 6.12. The normalized spacial score (nSPS) is 20.3. The molecular weight excluding hydrogens is 456 g/mol. The standard InChI is InChI=1S/C29H37ClN4O/c1-21-9-11-24(30)20-28(21)33-17-15-32(16-18-33)13-5-4-8-29(35)23-10-12-27-25(19-23)31-22(2)26-7-3-6-14-34(26)27/h9-12,19-20,26,31H,2-8,13-18H2,1H3. The molecule has 0 aliphatic carbocycles. The van der Waals surface area contributed by atoms with Gasteiger partial charge in [-0.2, -0.15) is 0 Å². The fraction of sp³-hybridized carbons (Fsp3) is 0.483. The third-order valence-corrected chi connectivity index (χ3v) is 8.08. The van der Waals surface area contributed by atoms with Crippen LogP contribution in [0.25, 0.3) is 0 Å². The minimum absolute atomic E-state index is 0.238. The highest BCUT2D eigenvalue weighted by molar-refractivity contribution is 6.30. The quantitative estimate of drug-likeness (QED) is 0.372. The molecule has 0 aromatic heterocycles. The van der Waals surface area contributed by atoms with Crippen molar-refractivity contribution in [2.24, 2.45) is 0 Å². The van der Waals surface area contributed by atoms with Gasteiger partial charge in [0, 0.05) is 61.1 Å². The number of hydrogen-bond acceptors (Lipinski definition) is 5. The zero-order valence-electron chi connectivity index (χ0n) is 20.9. The van der Waals surface area contributed by atoms with Crippen LogP contribution in [0.3, 0.4) is 0 Å². The maximum atomic E-state index is 12.9. The molecule has 0 saturated carbocycles. The van der Waals surface area contributed by atoms with Gasteiger partial charge in [-0.15, -0.1) is 0 Å². The first-order valence-corrected chi connectivity index (χ1v) is 13.5. The van der Waals surface area contributed by atoms with Crippen molar-refractivity contribution in [2.75, 3.05) is 54.4 Å². The van der Waals surface area contributed by atoms with Crippen LogP contribution in [-0.2, 0) is 0 Å². The molecule has 2 aromatic rings. The molecule has 0 spiro atoms. The van der Waals surface area contributed by atoms with Crippen LogP contribution in [-0.4, -0.2) is 56.0 Å². The molecule has 3 aliphatic heterocycles. The number of nitrogens with one attached hydrogen (secondary N) is 1. The van der Waals surface area contributed by atoms with Gasteiger partial charge in [0.1, 0.15) is 0 Å². The van der Waals surface area contributed by atoms with Crippen molar-refractivity contribution in [3.05, 3.63) is 64.8 Å². The molecule has 3 aliphatic rings. The average Bonchev–Trinajstić information content (AvgIpc) is 2.88. The lowest BCUT2D eigenvalue weighted by Gasteiger charge is -2.43. The molecule has 0 bridgehead atoms. The summed E-state index contributed by atoms with van der Waals surface area (Å²) in [6, 6.07) is 12.7. The third kappa shape index (κ3) is 5.36. The Morgan fingerprint density at radius 2 is 1.86 bits per heavy atom. The number of anilines is 3. The molecule has 35 heavy (non-hydrogen) atoms. The van der Waals surface area contributed by atoms with Crippen LogP contribution in [0.1, 0.15) is 54.4 Å². The van der Waals surface area contributed by atoms with E-state index in [4.69, 9.17) is 11.6 Å². The molecule has 1 atom stereocenters. The Hall–Kier alpha value is -2.50. The highest BCUT2D eigenvalue weighted by Gasteiger charge is 2.31. The Balaban J connectivity index is 1.08. The van der Waals surface area contributed by atoms with E-state index >= 15 is 0 Å². The van der Waals surface area contributed by atoms with Crippen molar-refractivity contribution < 1.29 is 4.79 Å². The number of piperazine rings is 1. The van der Waals surface area contributed by atoms with E-state index in [1.54, 1.807) is 0 Å². The van der Waals surface area contributed by atoms with Crippen molar-refractivity contribution in [3.63, 3.8) is 0 Å². The summed E-state index contributed by atoms with van der Waals surface area (Å²) in [7, 11) is 0. The second-order valence-electron chi connectivity index (χ2n) is 10.2. The number of hydrogen-bond donors (Lipinski definition) is 1. The maximum absolute atomic E-state index is 12.9. The van der Waals surface area contributed by atoms with E-state index in [1.807, 2.05) is 18.2 Å². The number of carbonyl (C=O) groups is 1. The van der Waals surface area contributed by atoms with Crippen LogP contribution < -0.4 is 15.1 Å². The number of ketones is 1. The van der Waals surface area contributed by atoms with Gasteiger partial charge in [-0.05, 0) is 81.5 Å². The topological polar surface area (TPSA) is 38.8 Å². The molecule has 1 unspecified atom stereocenters. The molecule has 186 valence electrons. The number of carbonyl (C=O) groups excluding carboxylic acids is 1. The zero-order chi connectivity index (χ0) is 24.4. The highest BCUT2D eigenvalue weighted by Crippen LogP contribution is 2.39. The van der Waals surface area contributed by atoms with Crippen LogP contribution in [0.2, 0.25) is 5.02 Å². The SMILES string of the molecule is C=C1Nc2cc(C(=O)CCCCN3CCN(c4cc(Cl)ccc4C)CC3)ccc2N2CCCCC12. The molecule has 5 nitrogen and oxygen atoms in total. The van der Waals surface area contributed by atoms with E-state index in [0.717, 1.165) is 80.5 Å². The largest absolute Gasteiger partial charge is 0.369 e. The Kier molecular flexibility index (Phi) is 7.35. The van der Waals surface area contributed by atoms with Crippen molar-refractivity contribution in [1.29, 1.82) is 0 Å². The number of benzene rings is 2. The molecule has 3 heterocycles. The fourth-order valence-electron chi connectivity index (χ4n) is 5.80. The van der Waals surface area contributed by atoms with Gasteiger partial charge in [0.25, 0.3) is 0 Å². The lowest BCUT2D eigenvalue weighted by atomic mass is 9.94. The van der Waals surface area contributed by atoms with Crippen molar-refractivity contribution in [3.8, 4) is 0 Å². The second kappa shape index (κ2) is 10.6. The van der Waals surface area contributed by atoms with Gasteiger partial charge in [0.05, 0.1) is 17.4 Å². The number of piperidine rings is 1. The van der Waals surface area contributed by atoms with Gasteiger partial charge in [-0.3, -0.25) is 9.69 Å². The summed E-state index contributed by atoms with van der Waals surface area (Å²) in [6.45, 7) is 12.7. The molecule has 2 saturated heterocycles. The molecule has 0 amide bonds. The number of rotatable bonds is 7. The lowest BCUT2D eigenvalue weighted by molar-refractivity contribution is 0.0977. The zero-order valence-corrected chi connectivity index (χ0v) is 21.6. The fourth-order valence-corrected chi connectivity index (χ4v) is 5.97. The van der Waals surface area contributed by atoms with Gasteiger partial charge in [-0.1, -0.05) is 24.2 Å². The van der Waals surface area contributed by atoms with Crippen molar-refractivity contribution in [2.45, 2.75) is 51.5 Å². The first-order chi connectivity index (χ1) is 17.0.